The fourth-order valence-corrected chi connectivity index (χ4v) is 4.82. The van der Waals surface area contributed by atoms with E-state index in [0.29, 0.717) is 11.8 Å². The van der Waals surface area contributed by atoms with Crippen LogP contribution in [0.5, 0.6) is 0 Å². The second-order valence-electron chi connectivity index (χ2n) is 12.0. The third-order valence-electron chi connectivity index (χ3n) is 7.24. The minimum absolute atomic E-state index is 0.144. The Bertz CT molecular complexity index is 569. The highest BCUT2D eigenvalue weighted by molar-refractivity contribution is 6.45. The van der Waals surface area contributed by atoms with Crippen LogP contribution < -0.4 is 5.32 Å². The largest absolute Gasteiger partial charge is 0.457 e. The van der Waals surface area contributed by atoms with E-state index in [1.165, 1.54) is 6.42 Å². The molecule has 0 radical (unpaired) electrons. The average Bonchev–Trinajstić information content (AvgIpc) is 2.73. The first-order valence-electron chi connectivity index (χ1n) is 11.4. The zero-order chi connectivity index (χ0) is 22.3. The van der Waals surface area contributed by atoms with Gasteiger partial charge in [0.1, 0.15) is 0 Å². The molecule has 29 heavy (non-hydrogen) atoms. The Hall–Kier alpha value is -0.585. The minimum atomic E-state index is -0.337. The molecule has 1 aliphatic heterocycles. The first-order valence-corrected chi connectivity index (χ1v) is 11.4. The van der Waals surface area contributed by atoms with E-state index in [1.54, 1.807) is 0 Å². The summed E-state index contributed by atoms with van der Waals surface area (Å²) >= 11 is 0. The number of amides is 1. The van der Waals surface area contributed by atoms with Crippen molar-refractivity contribution in [3.8, 4) is 0 Å². The fourth-order valence-electron chi connectivity index (χ4n) is 4.82. The molecular weight excluding hydrogens is 363 g/mol. The molecule has 1 N–H and O–H groups in total. The molecule has 2 rings (SSSR count). The molecule has 1 heterocycles. The van der Waals surface area contributed by atoms with Crippen molar-refractivity contribution in [2.45, 2.75) is 104 Å². The molecule has 1 aliphatic carbocycles. The zero-order valence-electron chi connectivity index (χ0n) is 20.6. The highest BCUT2D eigenvalue weighted by Crippen LogP contribution is 2.47. The standard InChI is InChI=1S/C23H45BN2O3/c1-20(2,3)25-19(27)23(8)15-17(11-12-18(23)16-26(9)10)13-14-24-28-21(4,5)22(6,7)29-24/h17-18H,11-16H2,1-10H3,(H,25,27). The summed E-state index contributed by atoms with van der Waals surface area (Å²) in [5.41, 5.74) is -1.10. The molecule has 6 heteroatoms. The number of carbonyl (C=O) groups excluding carboxylic acids is 1. The molecule has 2 fully saturated rings. The van der Waals surface area contributed by atoms with Gasteiger partial charge in [0.2, 0.25) is 5.91 Å². The lowest BCUT2D eigenvalue weighted by Crippen LogP contribution is -2.54. The van der Waals surface area contributed by atoms with Gasteiger partial charge in [0.25, 0.3) is 0 Å². The summed E-state index contributed by atoms with van der Waals surface area (Å²) in [6, 6.07) is 0. The molecule has 3 atom stereocenters. The van der Waals surface area contributed by atoms with Crippen LogP contribution in [-0.2, 0) is 14.1 Å². The predicted octanol–water partition coefficient (Wildman–Crippen LogP) is 4.37. The fraction of sp³-hybridized carbons (Fsp3) is 0.957. The maximum Gasteiger partial charge on any atom is 0.457 e. The van der Waals surface area contributed by atoms with E-state index in [0.717, 1.165) is 32.1 Å². The second kappa shape index (κ2) is 8.51. The molecule has 0 bridgehead atoms. The van der Waals surface area contributed by atoms with Gasteiger partial charge < -0.3 is 19.5 Å². The van der Waals surface area contributed by atoms with Gasteiger partial charge in [-0.3, -0.25) is 4.79 Å². The smallest absolute Gasteiger partial charge is 0.403 e. The Labute approximate surface area is 179 Å². The Kier molecular flexibility index (Phi) is 7.24. The summed E-state index contributed by atoms with van der Waals surface area (Å²) in [7, 11) is 4.06. The monoisotopic (exact) mass is 408 g/mol. The van der Waals surface area contributed by atoms with Crippen molar-refractivity contribution in [1.29, 1.82) is 0 Å². The number of rotatable bonds is 6. The van der Waals surface area contributed by atoms with Crippen LogP contribution in [0, 0.1) is 17.3 Å². The third kappa shape index (κ3) is 5.98. The average molecular weight is 408 g/mol. The molecule has 0 spiro atoms. The van der Waals surface area contributed by atoms with Gasteiger partial charge in [-0.1, -0.05) is 19.8 Å². The van der Waals surface area contributed by atoms with Gasteiger partial charge in [-0.25, -0.2) is 0 Å². The summed E-state index contributed by atoms with van der Waals surface area (Å²) in [5.74, 6) is 1.12. The summed E-state index contributed by atoms with van der Waals surface area (Å²) in [4.78, 5) is 15.5. The lowest BCUT2D eigenvalue weighted by molar-refractivity contribution is -0.138. The number of hydrogen-bond acceptors (Lipinski definition) is 4. The van der Waals surface area contributed by atoms with E-state index in [9.17, 15) is 4.79 Å². The van der Waals surface area contributed by atoms with Crippen molar-refractivity contribution in [2.75, 3.05) is 20.6 Å². The van der Waals surface area contributed by atoms with Crippen LogP contribution in [0.1, 0.15) is 81.1 Å². The highest BCUT2D eigenvalue weighted by atomic mass is 16.7. The van der Waals surface area contributed by atoms with Crippen LogP contribution in [0.3, 0.4) is 0 Å². The molecule has 5 nitrogen and oxygen atoms in total. The van der Waals surface area contributed by atoms with Gasteiger partial charge in [0.05, 0.1) is 16.6 Å². The van der Waals surface area contributed by atoms with Crippen molar-refractivity contribution < 1.29 is 14.1 Å². The maximum absolute atomic E-state index is 13.3. The van der Waals surface area contributed by atoms with Crippen LogP contribution in [0.25, 0.3) is 0 Å². The Balaban J connectivity index is 2.04. The van der Waals surface area contributed by atoms with Crippen LogP contribution >= 0.6 is 0 Å². The van der Waals surface area contributed by atoms with Crippen molar-refractivity contribution >= 4 is 13.0 Å². The summed E-state index contributed by atoms with van der Waals surface area (Å²) in [6.45, 7) is 17.7. The van der Waals surface area contributed by atoms with Crippen LogP contribution in [0.4, 0.5) is 0 Å². The van der Waals surface area contributed by atoms with E-state index in [4.69, 9.17) is 9.31 Å². The lowest BCUT2D eigenvalue weighted by Gasteiger charge is -2.45. The minimum Gasteiger partial charge on any atom is -0.403 e. The maximum atomic E-state index is 13.3. The van der Waals surface area contributed by atoms with Crippen LogP contribution in [0.15, 0.2) is 0 Å². The van der Waals surface area contributed by atoms with E-state index in [2.05, 4.69) is 79.7 Å². The molecule has 1 saturated carbocycles. The van der Waals surface area contributed by atoms with Gasteiger partial charge in [0, 0.05) is 12.1 Å². The van der Waals surface area contributed by atoms with Gasteiger partial charge in [0.15, 0.2) is 0 Å². The molecule has 2 aliphatic rings. The van der Waals surface area contributed by atoms with Gasteiger partial charge in [-0.15, -0.1) is 0 Å². The first-order chi connectivity index (χ1) is 13.1. The second-order valence-corrected chi connectivity index (χ2v) is 12.0. The lowest BCUT2D eigenvalue weighted by atomic mass is 9.61. The van der Waals surface area contributed by atoms with Crippen LogP contribution in [-0.4, -0.2) is 55.3 Å². The van der Waals surface area contributed by atoms with E-state index in [1.807, 2.05) is 0 Å². The van der Waals surface area contributed by atoms with Gasteiger partial charge in [-0.2, -0.15) is 0 Å². The zero-order valence-corrected chi connectivity index (χ0v) is 20.6. The summed E-state index contributed by atoms with van der Waals surface area (Å²) in [6.07, 6.45) is 5.15. The summed E-state index contributed by atoms with van der Waals surface area (Å²) in [5, 5.41) is 3.27. The first kappa shape index (κ1) is 24.7. The van der Waals surface area contributed by atoms with Crippen molar-refractivity contribution in [3.63, 3.8) is 0 Å². The Morgan fingerprint density at radius 1 is 1.07 bits per heavy atom. The third-order valence-corrected chi connectivity index (χ3v) is 7.24. The molecule has 3 unspecified atom stereocenters. The number of hydrogen-bond donors (Lipinski definition) is 1. The van der Waals surface area contributed by atoms with Crippen LogP contribution in [0.2, 0.25) is 6.32 Å². The van der Waals surface area contributed by atoms with Crippen molar-refractivity contribution in [3.05, 3.63) is 0 Å². The molecule has 0 aromatic heterocycles. The SMILES string of the molecule is CN(C)CC1CCC(CCB2OC(C)(C)C(C)(C)O2)CC1(C)C(=O)NC(C)(C)C. The molecule has 0 aromatic carbocycles. The normalized spacial score (nSPS) is 31.9. The highest BCUT2D eigenvalue weighted by Gasteiger charge is 2.51. The Morgan fingerprint density at radius 2 is 1.62 bits per heavy atom. The topological polar surface area (TPSA) is 50.8 Å². The molecule has 168 valence electrons. The van der Waals surface area contributed by atoms with Gasteiger partial charge >= 0.3 is 7.12 Å². The summed E-state index contributed by atoms with van der Waals surface area (Å²) < 4.78 is 12.4. The van der Waals surface area contributed by atoms with E-state index < -0.39 is 0 Å². The van der Waals surface area contributed by atoms with Crippen molar-refractivity contribution in [2.24, 2.45) is 17.3 Å². The number of nitrogens with one attached hydrogen (secondary N) is 1. The van der Waals surface area contributed by atoms with E-state index in [-0.39, 0.29) is 35.2 Å². The molecule has 1 amide bonds. The predicted molar refractivity (Wildman–Crippen MR) is 121 cm³/mol. The molecular formula is C23H45BN2O3. The molecule has 0 aromatic rings. The van der Waals surface area contributed by atoms with Crippen molar-refractivity contribution in [1.82, 2.24) is 10.2 Å². The number of carbonyl (C=O) groups is 1. The quantitative estimate of drug-likeness (QED) is 0.664. The van der Waals surface area contributed by atoms with Gasteiger partial charge in [-0.05, 0) is 93.6 Å². The Morgan fingerprint density at radius 3 is 2.10 bits per heavy atom. The molecule has 1 saturated heterocycles. The van der Waals surface area contributed by atoms with E-state index >= 15 is 0 Å². The number of nitrogens with zero attached hydrogens (tertiary/aromatic N) is 1.